The number of amidine groups is 1. The summed E-state index contributed by atoms with van der Waals surface area (Å²) in [6, 6.07) is 10.9. The number of hydrogen-bond acceptors (Lipinski definition) is 7. The SMILES string of the molecule is COC(=O)C=C1SC(=NC(=O)c2ccc(Cl)cc2Cl)N(c2ccc(NC(=O)C3CCNCC3)cc2)C1=O. The minimum Gasteiger partial charge on any atom is -0.466 e. The highest BCUT2D eigenvalue weighted by atomic mass is 35.5. The molecule has 2 aliphatic rings. The van der Waals surface area contributed by atoms with Crippen LogP contribution in [0.2, 0.25) is 10.0 Å². The van der Waals surface area contributed by atoms with Crippen molar-refractivity contribution in [2.75, 3.05) is 30.4 Å². The van der Waals surface area contributed by atoms with Crippen molar-refractivity contribution in [1.29, 1.82) is 0 Å². The van der Waals surface area contributed by atoms with Crippen LogP contribution in [0.3, 0.4) is 0 Å². The van der Waals surface area contributed by atoms with Gasteiger partial charge in [0.2, 0.25) is 5.91 Å². The number of carbonyl (C=O) groups is 4. The van der Waals surface area contributed by atoms with Crippen molar-refractivity contribution in [2.24, 2.45) is 10.9 Å². The maximum atomic E-state index is 13.2. The molecule has 0 aromatic heterocycles. The van der Waals surface area contributed by atoms with Crippen molar-refractivity contribution in [1.82, 2.24) is 5.32 Å². The van der Waals surface area contributed by atoms with Crippen molar-refractivity contribution in [3.8, 4) is 0 Å². The molecular weight excluding hydrogens is 539 g/mol. The molecule has 2 fully saturated rings. The average molecular weight is 561 g/mol. The van der Waals surface area contributed by atoms with Gasteiger partial charge in [0.1, 0.15) is 0 Å². The first-order chi connectivity index (χ1) is 17.8. The van der Waals surface area contributed by atoms with E-state index in [4.69, 9.17) is 23.2 Å². The molecule has 0 aliphatic carbocycles. The lowest BCUT2D eigenvalue weighted by Gasteiger charge is -2.22. The van der Waals surface area contributed by atoms with E-state index in [0.717, 1.165) is 43.8 Å². The molecule has 12 heteroatoms. The lowest BCUT2D eigenvalue weighted by Crippen LogP contribution is -2.34. The van der Waals surface area contributed by atoms with Gasteiger partial charge >= 0.3 is 5.97 Å². The monoisotopic (exact) mass is 560 g/mol. The summed E-state index contributed by atoms with van der Waals surface area (Å²) in [4.78, 5) is 55.8. The standard InChI is InChI=1S/C25H22Cl2N4O5S/c1-36-21(32)13-20-24(35)31(25(37-20)30-23(34)18-7-2-15(26)12-19(18)27)17-5-3-16(4-6-17)29-22(33)14-8-10-28-11-9-14/h2-7,12-14,28H,8-11H2,1H3,(H,29,33). The summed E-state index contributed by atoms with van der Waals surface area (Å²) in [7, 11) is 1.19. The molecule has 2 saturated heterocycles. The molecule has 2 aliphatic heterocycles. The van der Waals surface area contributed by atoms with Gasteiger partial charge in [-0.2, -0.15) is 4.99 Å². The zero-order chi connectivity index (χ0) is 26.5. The second-order valence-electron chi connectivity index (χ2n) is 8.16. The van der Waals surface area contributed by atoms with Crippen LogP contribution < -0.4 is 15.5 Å². The van der Waals surface area contributed by atoms with E-state index in [0.29, 0.717) is 16.4 Å². The van der Waals surface area contributed by atoms with Gasteiger partial charge in [0.15, 0.2) is 5.17 Å². The van der Waals surface area contributed by atoms with Crippen molar-refractivity contribution >= 4 is 75.2 Å². The zero-order valence-corrected chi connectivity index (χ0v) is 22.0. The quantitative estimate of drug-likeness (QED) is 0.414. The number of hydrogen-bond donors (Lipinski definition) is 2. The summed E-state index contributed by atoms with van der Waals surface area (Å²) >= 11 is 12.9. The number of piperidine rings is 1. The first-order valence-corrected chi connectivity index (χ1v) is 12.9. The van der Waals surface area contributed by atoms with Gasteiger partial charge in [-0.1, -0.05) is 23.2 Å². The van der Waals surface area contributed by atoms with Gasteiger partial charge in [0, 0.05) is 22.7 Å². The number of anilines is 2. The summed E-state index contributed by atoms with van der Waals surface area (Å²) in [6.07, 6.45) is 2.57. The second kappa shape index (κ2) is 11.9. The van der Waals surface area contributed by atoms with Gasteiger partial charge in [-0.05, 0) is 80.2 Å². The summed E-state index contributed by atoms with van der Waals surface area (Å²) in [6.45, 7) is 1.60. The predicted molar refractivity (Wildman–Crippen MR) is 144 cm³/mol. The Bertz CT molecular complexity index is 1310. The number of methoxy groups -OCH3 is 1. The summed E-state index contributed by atoms with van der Waals surface area (Å²) in [5.41, 5.74) is 1.06. The fraction of sp³-hybridized carbons (Fsp3) is 0.240. The number of thioether (sulfide) groups is 1. The lowest BCUT2D eigenvalue weighted by atomic mass is 9.97. The molecule has 0 atom stereocenters. The predicted octanol–water partition coefficient (Wildman–Crippen LogP) is 4.26. The van der Waals surface area contributed by atoms with Gasteiger partial charge in [0.25, 0.3) is 11.8 Å². The number of ether oxygens (including phenoxy) is 1. The fourth-order valence-corrected chi connectivity index (χ4v) is 5.20. The minimum atomic E-state index is -0.722. The average Bonchev–Trinajstić information content (AvgIpc) is 3.18. The van der Waals surface area contributed by atoms with E-state index in [1.165, 1.54) is 30.2 Å². The lowest BCUT2D eigenvalue weighted by molar-refractivity contribution is -0.135. The number of nitrogens with one attached hydrogen (secondary N) is 2. The van der Waals surface area contributed by atoms with Gasteiger partial charge in [-0.15, -0.1) is 0 Å². The molecule has 2 aromatic carbocycles. The van der Waals surface area contributed by atoms with E-state index >= 15 is 0 Å². The molecule has 0 radical (unpaired) electrons. The molecule has 9 nitrogen and oxygen atoms in total. The molecule has 0 saturated carbocycles. The molecule has 2 aromatic rings. The van der Waals surface area contributed by atoms with Crippen LogP contribution in [0.5, 0.6) is 0 Å². The Morgan fingerprint density at radius 1 is 1.14 bits per heavy atom. The first kappa shape index (κ1) is 26.9. The number of rotatable bonds is 5. The Balaban J connectivity index is 1.61. The molecule has 4 rings (SSSR count). The summed E-state index contributed by atoms with van der Waals surface area (Å²) in [5.74, 6) is -2.09. The molecule has 2 heterocycles. The number of carbonyl (C=O) groups excluding carboxylic acids is 4. The van der Waals surface area contributed by atoms with Crippen molar-refractivity contribution in [2.45, 2.75) is 12.8 Å². The smallest absolute Gasteiger partial charge is 0.331 e. The third kappa shape index (κ3) is 6.40. The van der Waals surface area contributed by atoms with E-state index in [2.05, 4.69) is 20.4 Å². The zero-order valence-electron chi connectivity index (χ0n) is 19.6. The van der Waals surface area contributed by atoms with Gasteiger partial charge in [-0.3, -0.25) is 19.3 Å². The van der Waals surface area contributed by atoms with E-state index in [1.807, 2.05) is 0 Å². The van der Waals surface area contributed by atoms with Crippen molar-refractivity contribution in [3.63, 3.8) is 0 Å². The second-order valence-corrected chi connectivity index (χ2v) is 10.0. The molecule has 0 bridgehead atoms. The van der Waals surface area contributed by atoms with Crippen LogP contribution in [0.1, 0.15) is 23.2 Å². The fourth-order valence-electron chi connectivity index (χ4n) is 3.77. The van der Waals surface area contributed by atoms with Crippen molar-refractivity contribution < 1.29 is 23.9 Å². The van der Waals surface area contributed by atoms with Crippen molar-refractivity contribution in [3.05, 3.63) is 69.1 Å². The first-order valence-electron chi connectivity index (χ1n) is 11.3. The number of esters is 1. The van der Waals surface area contributed by atoms with Crippen LogP contribution in [-0.4, -0.2) is 49.1 Å². The Morgan fingerprint density at radius 2 is 1.84 bits per heavy atom. The molecule has 192 valence electrons. The van der Waals surface area contributed by atoms with Crippen LogP contribution in [0.4, 0.5) is 11.4 Å². The Morgan fingerprint density at radius 3 is 2.49 bits per heavy atom. The van der Waals surface area contributed by atoms with E-state index in [1.54, 1.807) is 24.3 Å². The number of benzene rings is 2. The highest BCUT2D eigenvalue weighted by Gasteiger charge is 2.36. The van der Waals surface area contributed by atoms with Gasteiger partial charge in [0.05, 0.1) is 28.3 Å². The normalized spacial score (nSPS) is 18.4. The molecule has 37 heavy (non-hydrogen) atoms. The van der Waals surface area contributed by atoms with E-state index in [9.17, 15) is 19.2 Å². The Kier molecular flexibility index (Phi) is 8.65. The van der Waals surface area contributed by atoms with Gasteiger partial charge < -0.3 is 15.4 Å². The van der Waals surface area contributed by atoms with Crippen LogP contribution in [0.25, 0.3) is 0 Å². The molecule has 3 amide bonds. The highest BCUT2D eigenvalue weighted by molar-refractivity contribution is 8.19. The topological polar surface area (TPSA) is 117 Å². The number of amides is 3. The van der Waals surface area contributed by atoms with E-state index < -0.39 is 17.8 Å². The largest absolute Gasteiger partial charge is 0.466 e. The van der Waals surface area contributed by atoms with Crippen LogP contribution in [-0.2, 0) is 19.1 Å². The molecule has 0 spiro atoms. The number of aliphatic imine (C=N–C) groups is 1. The number of halogens is 2. The van der Waals surface area contributed by atoms with Crippen LogP contribution >= 0.6 is 35.0 Å². The molecule has 2 N–H and O–H groups in total. The third-order valence-corrected chi connectivity index (χ3v) is 7.23. The summed E-state index contributed by atoms with van der Waals surface area (Å²) < 4.78 is 4.64. The van der Waals surface area contributed by atoms with Crippen LogP contribution in [0.15, 0.2) is 58.4 Å². The van der Waals surface area contributed by atoms with E-state index in [-0.39, 0.29) is 32.5 Å². The third-order valence-electron chi connectivity index (χ3n) is 5.72. The Hall–Kier alpha value is -3.18. The Labute approximate surface area is 227 Å². The molecular formula is C25H22Cl2N4O5S. The molecule has 0 unspecified atom stereocenters. The summed E-state index contributed by atoms with van der Waals surface area (Å²) in [5, 5.41) is 6.63. The van der Waals surface area contributed by atoms with Crippen LogP contribution in [0, 0.1) is 5.92 Å². The maximum Gasteiger partial charge on any atom is 0.331 e. The maximum absolute atomic E-state index is 13.2. The van der Waals surface area contributed by atoms with Gasteiger partial charge in [-0.25, -0.2) is 4.79 Å². The minimum absolute atomic E-state index is 0.0302. The number of nitrogens with zero attached hydrogens (tertiary/aromatic N) is 2. The highest BCUT2D eigenvalue weighted by Crippen LogP contribution is 2.36.